The number of anilines is 1. The van der Waals surface area contributed by atoms with E-state index in [4.69, 9.17) is 32.3 Å². The molecule has 0 spiro atoms. The molecule has 1 aromatic heterocycles. The molecule has 1 saturated carbocycles. The lowest BCUT2D eigenvalue weighted by Crippen LogP contribution is -2.50. The maximum atomic E-state index is 16.4. The molecule has 17 nitrogen and oxygen atoms in total. The number of likely N-dealkylation sites (tertiary alicyclic amines) is 1. The van der Waals surface area contributed by atoms with Crippen molar-refractivity contribution >= 4 is 49.8 Å². The Morgan fingerprint density at radius 1 is 0.948 bits per heavy atom. The van der Waals surface area contributed by atoms with E-state index >= 15 is 4.39 Å². The van der Waals surface area contributed by atoms with Gasteiger partial charge in [0.25, 0.3) is 5.91 Å². The van der Waals surface area contributed by atoms with Gasteiger partial charge in [0, 0.05) is 38.9 Å². The van der Waals surface area contributed by atoms with E-state index in [9.17, 15) is 28.3 Å². The normalized spacial score (nSPS) is 18.7. The lowest BCUT2D eigenvalue weighted by Gasteiger charge is -2.37. The van der Waals surface area contributed by atoms with Crippen molar-refractivity contribution in [2.24, 2.45) is 5.92 Å². The Hall–Kier alpha value is -3.53. The summed E-state index contributed by atoms with van der Waals surface area (Å²) in [5.41, 5.74) is -3.40. The predicted octanol–water partition coefficient (Wildman–Crippen LogP) is 6.75. The van der Waals surface area contributed by atoms with E-state index in [1.54, 1.807) is 37.2 Å². The minimum absolute atomic E-state index is 0.0523. The molecule has 0 N–H and O–H groups in total. The number of ether oxygens (including phenoxy) is 3. The van der Waals surface area contributed by atoms with E-state index in [2.05, 4.69) is 0 Å². The molecule has 1 aliphatic carbocycles. The van der Waals surface area contributed by atoms with Crippen LogP contribution in [0.3, 0.4) is 0 Å². The average Bonchev–Trinajstić information content (AvgIpc) is 3.90. The molecule has 2 atom stereocenters. The van der Waals surface area contributed by atoms with Crippen LogP contribution in [-0.2, 0) is 41.5 Å². The Bertz CT molecular complexity index is 1970. The second-order valence-corrected chi connectivity index (χ2v) is 20.0. The molecule has 3 fully saturated rings. The van der Waals surface area contributed by atoms with Crippen LogP contribution in [0.4, 0.5) is 14.9 Å². The Kier molecular flexibility index (Phi) is 14.4. The molecule has 20 heteroatoms. The number of aromatic nitrogens is 1. The number of halogens is 1. The van der Waals surface area contributed by atoms with Crippen molar-refractivity contribution in [3.05, 3.63) is 33.9 Å². The number of hydrogen-bond acceptors (Lipinski definition) is 14. The highest BCUT2D eigenvalue weighted by Crippen LogP contribution is 2.71. The molecule has 58 heavy (non-hydrogen) atoms. The van der Waals surface area contributed by atoms with Crippen LogP contribution in [0, 0.1) is 11.7 Å². The maximum absolute atomic E-state index is 16.4. The van der Waals surface area contributed by atoms with E-state index in [0.717, 1.165) is 23.8 Å². The third-order valence-corrected chi connectivity index (χ3v) is 16.1. The summed E-state index contributed by atoms with van der Waals surface area (Å²) in [6, 6.07) is 0.718. The van der Waals surface area contributed by atoms with Crippen molar-refractivity contribution in [3.63, 3.8) is 0 Å². The monoisotopic (exact) mass is 858 g/mol. The molecule has 3 aliphatic rings. The highest BCUT2D eigenvalue weighted by molar-refractivity contribution is 7.72. The highest BCUT2D eigenvalue weighted by atomic mass is 31.2. The van der Waals surface area contributed by atoms with Gasteiger partial charge in [-0.3, -0.25) is 18.7 Å². The lowest BCUT2D eigenvalue weighted by atomic mass is 9.92. The summed E-state index contributed by atoms with van der Waals surface area (Å²) in [4.78, 5) is 58.9. The van der Waals surface area contributed by atoms with Gasteiger partial charge >= 0.3 is 27.3 Å². The smallest absolute Gasteiger partial charge is 0.410 e. The van der Waals surface area contributed by atoms with E-state index in [1.165, 1.54) is 20.4 Å². The van der Waals surface area contributed by atoms with E-state index < -0.39 is 67.7 Å². The Balaban J connectivity index is 1.46. The number of fused-ring (bicyclic) bond motifs is 2. The zero-order valence-corrected chi connectivity index (χ0v) is 36.6. The Labute approximate surface area is 338 Å². The van der Waals surface area contributed by atoms with E-state index in [0.29, 0.717) is 38.0 Å². The number of esters is 1. The lowest BCUT2D eigenvalue weighted by molar-refractivity contribution is -0.133. The number of nitrogens with zero attached hydrogens (tertiary/aromatic N) is 4. The molecule has 2 amide bonds. The molecule has 5 rings (SSSR count). The van der Waals surface area contributed by atoms with Crippen molar-refractivity contribution in [1.82, 2.24) is 14.4 Å². The van der Waals surface area contributed by atoms with Crippen LogP contribution in [0.2, 0.25) is 0 Å². The number of amides is 2. The topological polar surface area (TPSA) is 182 Å². The van der Waals surface area contributed by atoms with Gasteiger partial charge in [-0.1, -0.05) is 0 Å². The Morgan fingerprint density at radius 3 is 2.05 bits per heavy atom. The molecular formula is C38H57FN4O13P2. The molecule has 2 saturated heterocycles. The van der Waals surface area contributed by atoms with Gasteiger partial charge < -0.3 is 51.6 Å². The third kappa shape index (κ3) is 9.42. The standard InChI is InChI=1S/C38H57FN4O13P2/c1-10-52-57(48,53-11-2)37(58(49,54-12-3)55-13-4)40(8)30(44)23-51-35(46)27-21-43(25-16-17-25)31-26(33(27)45)19-28(39)32(34(31)50-9)41-20-24-15-14-18-42(29(24)22-41)36(47)56-38(5,6)7/h19,21,24-25,29,37H,10-18,20,22-23H2,1-9H3/t24-,29+/m0/s1. The Morgan fingerprint density at radius 2 is 1.53 bits per heavy atom. The van der Waals surface area contributed by atoms with Crippen LogP contribution in [0.15, 0.2) is 17.1 Å². The van der Waals surface area contributed by atoms with Gasteiger partial charge in [-0.25, -0.2) is 14.0 Å². The van der Waals surface area contributed by atoms with Crippen molar-refractivity contribution in [2.75, 3.05) is 71.7 Å². The molecule has 0 unspecified atom stereocenters. The minimum atomic E-state index is -4.40. The number of carbonyl (C=O) groups is 3. The van der Waals surface area contributed by atoms with Crippen molar-refractivity contribution in [3.8, 4) is 5.75 Å². The number of likely N-dealkylation sites (N-methyl/N-ethyl adjacent to an activating group) is 1. The summed E-state index contributed by atoms with van der Waals surface area (Å²) in [6.07, 6.45) is 3.95. The second kappa shape index (κ2) is 18.4. The number of methoxy groups -OCH3 is 1. The predicted molar refractivity (Wildman–Crippen MR) is 213 cm³/mol. The first kappa shape index (κ1) is 45.6. The van der Waals surface area contributed by atoms with E-state index in [1.807, 2.05) is 25.7 Å². The fraction of sp³-hybridized carbons (Fsp3) is 0.684. The first-order valence-electron chi connectivity index (χ1n) is 19.8. The van der Waals surface area contributed by atoms with Crippen LogP contribution in [0.25, 0.3) is 10.9 Å². The fourth-order valence-electron chi connectivity index (χ4n) is 7.72. The zero-order chi connectivity index (χ0) is 42.7. The summed E-state index contributed by atoms with van der Waals surface area (Å²) in [6.45, 7) is 11.4. The zero-order valence-electron chi connectivity index (χ0n) is 34.8. The quantitative estimate of drug-likeness (QED) is 0.120. The van der Waals surface area contributed by atoms with Gasteiger partial charge in [0.1, 0.15) is 16.9 Å². The van der Waals surface area contributed by atoms with Crippen molar-refractivity contribution in [1.29, 1.82) is 0 Å². The van der Waals surface area contributed by atoms with Crippen LogP contribution in [0.5, 0.6) is 5.75 Å². The van der Waals surface area contributed by atoms with Crippen LogP contribution in [-0.4, -0.2) is 116 Å². The van der Waals surface area contributed by atoms with Gasteiger partial charge in [0.15, 0.2) is 18.2 Å². The van der Waals surface area contributed by atoms with Gasteiger partial charge in [0.2, 0.25) is 11.0 Å². The largest absolute Gasteiger partial charge is 0.492 e. The number of pyridine rings is 1. The molecule has 1 aromatic carbocycles. The maximum Gasteiger partial charge on any atom is 0.410 e. The van der Waals surface area contributed by atoms with Crippen molar-refractivity contribution < 1.29 is 60.2 Å². The first-order chi connectivity index (χ1) is 27.4. The molecule has 0 radical (unpaired) electrons. The third-order valence-electron chi connectivity index (χ3n) is 10.2. The van der Waals surface area contributed by atoms with Gasteiger partial charge in [-0.15, -0.1) is 0 Å². The fourth-order valence-corrected chi connectivity index (χ4v) is 13.1. The van der Waals surface area contributed by atoms with Gasteiger partial charge in [0.05, 0.1) is 50.5 Å². The summed E-state index contributed by atoms with van der Waals surface area (Å²) in [5.74, 6) is -2.73. The number of benzene rings is 1. The number of rotatable bonds is 17. The van der Waals surface area contributed by atoms with E-state index in [-0.39, 0.29) is 61.3 Å². The summed E-state index contributed by atoms with van der Waals surface area (Å²) < 4.78 is 84.9. The van der Waals surface area contributed by atoms with Crippen LogP contribution >= 0.6 is 15.2 Å². The van der Waals surface area contributed by atoms with Crippen LogP contribution in [0.1, 0.15) is 90.5 Å². The van der Waals surface area contributed by atoms with Crippen molar-refractivity contribution in [2.45, 2.75) is 97.4 Å². The van der Waals surface area contributed by atoms with Crippen LogP contribution < -0.4 is 15.1 Å². The number of hydrogen-bond donors (Lipinski definition) is 0. The summed E-state index contributed by atoms with van der Waals surface area (Å²) in [5, 5.41) is -0.126. The minimum Gasteiger partial charge on any atom is -0.492 e. The molecule has 324 valence electrons. The first-order valence-corrected chi connectivity index (χ1v) is 23.0. The summed E-state index contributed by atoms with van der Waals surface area (Å²) in [7, 11) is -6.23. The molecule has 3 heterocycles. The van der Waals surface area contributed by atoms with Gasteiger partial charge in [-0.2, -0.15) is 0 Å². The number of carbonyl (C=O) groups excluding carboxylic acids is 3. The molecule has 2 aromatic rings. The number of piperidine rings is 1. The SMILES string of the molecule is CCOP(=O)(OCC)C(N(C)C(=O)COC(=O)c1cn(C2CC2)c2c(OC)c(N3C[C@@H]4CCCN(C(=O)OC(C)(C)C)[C@@H]4C3)c(F)cc2c1=O)P(=O)(OCC)OCC. The molecule has 0 bridgehead atoms. The van der Waals surface area contributed by atoms with Gasteiger partial charge in [-0.05, 0) is 86.1 Å². The average molecular weight is 859 g/mol. The second-order valence-electron chi connectivity index (χ2n) is 15.4. The summed E-state index contributed by atoms with van der Waals surface area (Å²) >= 11 is 0. The highest BCUT2D eigenvalue weighted by Gasteiger charge is 2.55. The molecular weight excluding hydrogens is 801 g/mol. The molecule has 2 aliphatic heterocycles.